The summed E-state index contributed by atoms with van der Waals surface area (Å²) in [6.07, 6.45) is 3.99. The molecule has 4 rings (SSSR count). The highest BCUT2D eigenvalue weighted by molar-refractivity contribution is 5.81. The minimum absolute atomic E-state index is 0.0506. The van der Waals surface area contributed by atoms with Crippen molar-refractivity contribution >= 4 is 11.8 Å². The van der Waals surface area contributed by atoms with Crippen LogP contribution >= 0.6 is 0 Å². The van der Waals surface area contributed by atoms with Crippen molar-refractivity contribution in [1.29, 1.82) is 0 Å². The summed E-state index contributed by atoms with van der Waals surface area (Å²) in [5, 5.41) is 6.96. The lowest BCUT2D eigenvalue weighted by atomic mass is 10.1. The molecule has 2 amide bonds. The quantitative estimate of drug-likeness (QED) is 0.874. The van der Waals surface area contributed by atoms with Crippen molar-refractivity contribution in [2.45, 2.75) is 57.5 Å². The van der Waals surface area contributed by atoms with Crippen LogP contribution in [-0.2, 0) is 16.0 Å². The number of benzene rings is 1. The first-order valence-corrected chi connectivity index (χ1v) is 9.58. The Bertz CT molecular complexity index is 847. The molecule has 2 saturated heterocycles. The third kappa shape index (κ3) is 3.72. The number of amides is 2. The molecule has 1 aromatic heterocycles. The Morgan fingerprint density at radius 3 is 2.96 bits per heavy atom. The first-order valence-electron chi connectivity index (χ1n) is 9.58. The van der Waals surface area contributed by atoms with Gasteiger partial charge in [0.15, 0.2) is 0 Å². The van der Waals surface area contributed by atoms with Crippen molar-refractivity contribution in [3.05, 3.63) is 35.7 Å². The summed E-state index contributed by atoms with van der Waals surface area (Å²) >= 11 is 0. The molecule has 0 spiro atoms. The van der Waals surface area contributed by atoms with E-state index in [4.69, 9.17) is 4.52 Å². The highest BCUT2D eigenvalue weighted by Gasteiger charge is 2.39. The second kappa shape index (κ2) is 7.50. The Kier molecular flexibility index (Phi) is 4.92. The molecule has 142 valence electrons. The predicted molar refractivity (Wildman–Crippen MR) is 98.7 cm³/mol. The van der Waals surface area contributed by atoms with Gasteiger partial charge in [-0.25, -0.2) is 0 Å². The van der Waals surface area contributed by atoms with Crippen LogP contribution in [-0.4, -0.2) is 45.5 Å². The van der Waals surface area contributed by atoms with Crippen LogP contribution < -0.4 is 5.32 Å². The van der Waals surface area contributed by atoms with Crippen molar-refractivity contribution in [2.24, 2.45) is 0 Å². The summed E-state index contributed by atoms with van der Waals surface area (Å²) in [6, 6.07) is 8.11. The zero-order valence-electron chi connectivity index (χ0n) is 15.5. The number of carbonyl (C=O) groups excluding carboxylic acids is 2. The van der Waals surface area contributed by atoms with Gasteiger partial charge in [-0.05, 0) is 31.7 Å². The van der Waals surface area contributed by atoms with E-state index in [-0.39, 0.29) is 23.9 Å². The van der Waals surface area contributed by atoms with Crippen LogP contribution in [0.4, 0.5) is 0 Å². The average molecular weight is 368 g/mol. The first kappa shape index (κ1) is 17.7. The van der Waals surface area contributed by atoms with E-state index in [0.29, 0.717) is 43.9 Å². The summed E-state index contributed by atoms with van der Waals surface area (Å²) < 4.78 is 5.35. The molecule has 0 saturated carbocycles. The molecule has 2 aliphatic rings. The molecular formula is C20H24N4O3. The maximum Gasteiger partial charge on any atom is 0.226 e. The number of aromatic nitrogens is 2. The number of fused-ring (bicyclic) bond motifs is 2. The summed E-state index contributed by atoms with van der Waals surface area (Å²) in [5.41, 5.74) is 2.06. The number of hydrogen-bond donors (Lipinski definition) is 1. The Morgan fingerprint density at radius 2 is 2.11 bits per heavy atom. The van der Waals surface area contributed by atoms with E-state index in [1.165, 1.54) is 0 Å². The molecule has 1 N–H and O–H groups in total. The van der Waals surface area contributed by atoms with Crippen LogP contribution in [0, 0.1) is 6.92 Å². The molecule has 7 heteroatoms. The van der Waals surface area contributed by atoms with E-state index in [9.17, 15) is 9.59 Å². The number of carbonyl (C=O) groups is 2. The van der Waals surface area contributed by atoms with Gasteiger partial charge in [0, 0.05) is 43.5 Å². The van der Waals surface area contributed by atoms with E-state index in [0.717, 1.165) is 24.0 Å². The Hall–Kier alpha value is -2.70. The van der Waals surface area contributed by atoms with E-state index < -0.39 is 0 Å². The first-order chi connectivity index (χ1) is 13.1. The molecule has 27 heavy (non-hydrogen) atoms. The standard InChI is InChI=1S/C20H24N4O3/c1-13-5-2-3-6-16(13)20-22-18(27-23-20)7-4-8-19(26)24-14-9-10-15(24)12-21-17(25)11-14/h2-3,5-6,14-15H,4,7-12H2,1H3,(H,21,25)/t14-,15+/m1/s1. The van der Waals surface area contributed by atoms with Crippen LogP contribution in [0.2, 0.25) is 0 Å². The lowest BCUT2D eigenvalue weighted by Gasteiger charge is -2.27. The summed E-state index contributed by atoms with van der Waals surface area (Å²) in [7, 11) is 0. The third-order valence-corrected chi connectivity index (χ3v) is 5.50. The van der Waals surface area contributed by atoms with Crippen molar-refractivity contribution in [1.82, 2.24) is 20.4 Å². The van der Waals surface area contributed by atoms with E-state index in [1.807, 2.05) is 36.1 Å². The fourth-order valence-electron chi connectivity index (χ4n) is 4.10. The van der Waals surface area contributed by atoms with Crippen molar-refractivity contribution < 1.29 is 14.1 Å². The molecular weight excluding hydrogens is 344 g/mol. The monoisotopic (exact) mass is 368 g/mol. The van der Waals surface area contributed by atoms with Crippen LogP contribution in [0.5, 0.6) is 0 Å². The fraction of sp³-hybridized carbons (Fsp3) is 0.500. The lowest BCUT2D eigenvalue weighted by molar-refractivity contribution is -0.134. The molecule has 2 atom stereocenters. The van der Waals surface area contributed by atoms with Gasteiger partial charge in [-0.3, -0.25) is 9.59 Å². The molecule has 2 bridgehead atoms. The van der Waals surface area contributed by atoms with Gasteiger partial charge in [0.2, 0.25) is 23.5 Å². The molecule has 3 heterocycles. The van der Waals surface area contributed by atoms with Gasteiger partial charge >= 0.3 is 0 Å². The summed E-state index contributed by atoms with van der Waals surface area (Å²) in [6.45, 7) is 2.59. The minimum atomic E-state index is 0.0506. The molecule has 2 fully saturated rings. The van der Waals surface area contributed by atoms with Crippen molar-refractivity contribution in [3.63, 3.8) is 0 Å². The lowest BCUT2D eigenvalue weighted by Crippen LogP contribution is -2.42. The van der Waals surface area contributed by atoms with Crippen molar-refractivity contribution in [3.8, 4) is 11.4 Å². The number of rotatable bonds is 5. The van der Waals surface area contributed by atoms with Gasteiger partial charge < -0.3 is 14.7 Å². The number of hydrogen-bond acceptors (Lipinski definition) is 5. The third-order valence-electron chi connectivity index (χ3n) is 5.50. The van der Waals surface area contributed by atoms with Crippen LogP contribution in [0.3, 0.4) is 0 Å². The molecule has 1 aromatic carbocycles. The van der Waals surface area contributed by atoms with E-state index in [2.05, 4.69) is 15.5 Å². The van der Waals surface area contributed by atoms with E-state index in [1.54, 1.807) is 0 Å². The van der Waals surface area contributed by atoms with Gasteiger partial charge in [0.1, 0.15) is 0 Å². The van der Waals surface area contributed by atoms with Gasteiger partial charge in [-0.2, -0.15) is 4.98 Å². The predicted octanol–water partition coefficient (Wildman–Crippen LogP) is 2.25. The minimum Gasteiger partial charge on any atom is -0.354 e. The van der Waals surface area contributed by atoms with Gasteiger partial charge in [0.05, 0.1) is 0 Å². The van der Waals surface area contributed by atoms with Gasteiger partial charge in [-0.1, -0.05) is 29.4 Å². The number of nitrogens with one attached hydrogen (secondary N) is 1. The smallest absolute Gasteiger partial charge is 0.226 e. The molecule has 7 nitrogen and oxygen atoms in total. The topological polar surface area (TPSA) is 88.3 Å². The SMILES string of the molecule is Cc1ccccc1-c1noc(CCCC(=O)N2[C@@H]3CC[C@H]2CNC(=O)C3)n1. The molecule has 0 radical (unpaired) electrons. The Morgan fingerprint density at radius 1 is 1.30 bits per heavy atom. The van der Waals surface area contributed by atoms with Gasteiger partial charge in [-0.15, -0.1) is 0 Å². The zero-order valence-corrected chi connectivity index (χ0v) is 15.5. The summed E-state index contributed by atoms with van der Waals surface area (Å²) in [4.78, 5) is 30.8. The Labute approximate surface area is 158 Å². The highest BCUT2D eigenvalue weighted by atomic mass is 16.5. The van der Waals surface area contributed by atoms with Crippen LogP contribution in [0.1, 0.15) is 43.6 Å². The molecule has 2 aliphatic heterocycles. The second-order valence-corrected chi connectivity index (χ2v) is 7.37. The molecule has 2 aromatic rings. The van der Waals surface area contributed by atoms with Crippen molar-refractivity contribution in [2.75, 3.05) is 6.54 Å². The Balaban J connectivity index is 1.33. The van der Waals surface area contributed by atoms with Crippen LogP contribution in [0.15, 0.2) is 28.8 Å². The van der Waals surface area contributed by atoms with Crippen LogP contribution in [0.25, 0.3) is 11.4 Å². The fourth-order valence-corrected chi connectivity index (χ4v) is 4.10. The average Bonchev–Trinajstić information content (AvgIpc) is 3.22. The second-order valence-electron chi connectivity index (χ2n) is 7.37. The maximum atomic E-state index is 12.7. The van der Waals surface area contributed by atoms with Gasteiger partial charge in [0.25, 0.3) is 0 Å². The highest BCUT2D eigenvalue weighted by Crippen LogP contribution is 2.29. The maximum absolute atomic E-state index is 12.7. The number of nitrogens with zero attached hydrogens (tertiary/aromatic N) is 3. The number of aryl methyl sites for hydroxylation is 2. The zero-order chi connectivity index (χ0) is 18.8. The summed E-state index contributed by atoms with van der Waals surface area (Å²) in [5.74, 6) is 1.31. The normalized spacial score (nSPS) is 21.8. The van der Waals surface area contributed by atoms with E-state index >= 15 is 0 Å². The largest absolute Gasteiger partial charge is 0.354 e. The molecule has 0 aliphatic carbocycles. The molecule has 0 unspecified atom stereocenters.